The first-order valence-electron chi connectivity index (χ1n) is 9.50. The number of carbonyl (C=O) groups is 2. The van der Waals surface area contributed by atoms with E-state index in [1.54, 1.807) is 11.8 Å². The maximum atomic E-state index is 13.5. The minimum absolute atomic E-state index is 0.00843. The van der Waals surface area contributed by atoms with E-state index in [0.29, 0.717) is 32.5 Å². The second-order valence-electron chi connectivity index (χ2n) is 6.94. The fourth-order valence-corrected chi connectivity index (χ4v) is 4.24. The third-order valence-corrected chi connectivity index (χ3v) is 6.00. The van der Waals surface area contributed by atoms with Crippen molar-refractivity contribution in [3.63, 3.8) is 0 Å². The van der Waals surface area contributed by atoms with Gasteiger partial charge in [0.25, 0.3) is 0 Å². The molecule has 1 heterocycles. The van der Waals surface area contributed by atoms with Crippen molar-refractivity contribution in [1.82, 2.24) is 4.90 Å². The molecule has 1 fully saturated rings. The molecule has 162 valence electrons. The summed E-state index contributed by atoms with van der Waals surface area (Å²) >= 11 is 0. The van der Waals surface area contributed by atoms with Crippen molar-refractivity contribution in [3.05, 3.63) is 29.8 Å². The molecule has 0 radical (unpaired) electrons. The van der Waals surface area contributed by atoms with Crippen LogP contribution in [0.15, 0.2) is 18.2 Å². The number of esters is 1. The largest absolute Gasteiger partial charge is 0.466 e. The highest BCUT2D eigenvalue weighted by molar-refractivity contribution is 7.92. The van der Waals surface area contributed by atoms with Gasteiger partial charge in [-0.15, -0.1) is 0 Å². The van der Waals surface area contributed by atoms with Crippen LogP contribution >= 0.6 is 0 Å². The Labute approximate surface area is 169 Å². The molecule has 1 saturated heterocycles. The van der Waals surface area contributed by atoms with E-state index in [2.05, 4.69) is 0 Å². The van der Waals surface area contributed by atoms with Gasteiger partial charge in [0.1, 0.15) is 0 Å². The van der Waals surface area contributed by atoms with Gasteiger partial charge in [-0.2, -0.15) is 0 Å². The topological polar surface area (TPSA) is 84.0 Å². The van der Waals surface area contributed by atoms with Crippen molar-refractivity contribution in [2.75, 3.05) is 36.8 Å². The van der Waals surface area contributed by atoms with Crippen LogP contribution in [-0.2, 0) is 24.3 Å². The highest BCUT2D eigenvalue weighted by Crippen LogP contribution is 2.22. The van der Waals surface area contributed by atoms with Crippen LogP contribution in [0.4, 0.5) is 14.5 Å². The van der Waals surface area contributed by atoms with E-state index in [4.69, 9.17) is 4.74 Å². The summed E-state index contributed by atoms with van der Waals surface area (Å²) in [6, 6.07) is 2.86. The first kappa shape index (κ1) is 23.1. The zero-order valence-electron chi connectivity index (χ0n) is 16.6. The number of benzene rings is 1. The number of nitrogens with zero attached hydrogens (tertiary/aromatic N) is 2. The lowest BCUT2D eigenvalue weighted by molar-refractivity contribution is -0.151. The van der Waals surface area contributed by atoms with E-state index in [0.717, 1.165) is 22.7 Å². The first-order valence-corrected chi connectivity index (χ1v) is 11.4. The molecule has 1 aliphatic rings. The normalized spacial score (nSPS) is 15.2. The SMILES string of the molecule is CCOC(=O)C1CCN(C(=O)CCCN(c2ccc(F)c(F)c2)S(C)(=O)=O)CC1. The van der Waals surface area contributed by atoms with Gasteiger partial charge in [0.05, 0.1) is 24.5 Å². The Balaban J connectivity index is 1.89. The molecule has 2 rings (SSSR count). The zero-order valence-corrected chi connectivity index (χ0v) is 17.4. The monoisotopic (exact) mass is 432 g/mol. The molecule has 10 heteroatoms. The third-order valence-electron chi connectivity index (χ3n) is 4.81. The molecular weight excluding hydrogens is 406 g/mol. The number of carbonyl (C=O) groups excluding carboxylic acids is 2. The van der Waals surface area contributed by atoms with E-state index < -0.39 is 21.7 Å². The minimum atomic E-state index is -3.72. The zero-order chi connectivity index (χ0) is 21.6. The van der Waals surface area contributed by atoms with Gasteiger partial charge in [0.2, 0.25) is 15.9 Å². The van der Waals surface area contributed by atoms with E-state index in [9.17, 15) is 26.8 Å². The number of hydrogen-bond acceptors (Lipinski definition) is 5. The molecule has 1 aromatic carbocycles. The summed E-state index contributed by atoms with van der Waals surface area (Å²) in [7, 11) is -3.72. The molecule has 0 bridgehead atoms. The van der Waals surface area contributed by atoms with E-state index >= 15 is 0 Å². The van der Waals surface area contributed by atoms with Gasteiger partial charge >= 0.3 is 5.97 Å². The molecule has 7 nitrogen and oxygen atoms in total. The summed E-state index contributed by atoms with van der Waals surface area (Å²) in [4.78, 5) is 25.8. The van der Waals surface area contributed by atoms with Crippen LogP contribution in [0.3, 0.4) is 0 Å². The molecule has 1 amide bonds. The Morgan fingerprint density at radius 1 is 1.21 bits per heavy atom. The molecule has 0 spiro atoms. The molecule has 0 aromatic heterocycles. The summed E-state index contributed by atoms with van der Waals surface area (Å²) in [5, 5.41) is 0. The second-order valence-corrected chi connectivity index (χ2v) is 8.85. The number of rotatable bonds is 8. The van der Waals surface area contributed by atoms with Crippen molar-refractivity contribution >= 4 is 27.6 Å². The van der Waals surface area contributed by atoms with E-state index in [1.165, 1.54) is 6.07 Å². The van der Waals surface area contributed by atoms with Gasteiger partial charge in [0, 0.05) is 32.1 Å². The average molecular weight is 432 g/mol. The number of hydrogen-bond donors (Lipinski definition) is 0. The van der Waals surface area contributed by atoms with Crippen LogP contribution in [0, 0.1) is 17.6 Å². The molecule has 0 atom stereocenters. The van der Waals surface area contributed by atoms with Gasteiger partial charge < -0.3 is 9.64 Å². The highest BCUT2D eigenvalue weighted by atomic mass is 32.2. The fraction of sp³-hybridized carbons (Fsp3) is 0.579. The van der Waals surface area contributed by atoms with Crippen LogP contribution in [0.25, 0.3) is 0 Å². The minimum Gasteiger partial charge on any atom is -0.466 e. The van der Waals surface area contributed by atoms with Crippen molar-refractivity contribution in [1.29, 1.82) is 0 Å². The Kier molecular flexibility index (Phi) is 7.95. The molecule has 0 aliphatic carbocycles. The number of amides is 1. The third kappa shape index (κ3) is 6.38. The fourth-order valence-electron chi connectivity index (χ4n) is 3.28. The number of sulfonamides is 1. The maximum absolute atomic E-state index is 13.5. The van der Waals surface area contributed by atoms with Gasteiger partial charge in [-0.1, -0.05) is 0 Å². The Morgan fingerprint density at radius 3 is 2.41 bits per heavy atom. The van der Waals surface area contributed by atoms with Crippen molar-refractivity contribution in [2.45, 2.75) is 32.6 Å². The lowest BCUT2D eigenvalue weighted by Gasteiger charge is -2.31. The van der Waals surface area contributed by atoms with Crippen LogP contribution in [0.5, 0.6) is 0 Å². The summed E-state index contributed by atoms with van der Waals surface area (Å²) in [6.45, 7) is 2.93. The Morgan fingerprint density at radius 2 is 1.86 bits per heavy atom. The van der Waals surface area contributed by atoms with Crippen molar-refractivity contribution < 1.29 is 31.5 Å². The number of likely N-dealkylation sites (tertiary alicyclic amines) is 1. The molecule has 1 aromatic rings. The molecule has 29 heavy (non-hydrogen) atoms. The molecule has 0 saturated carbocycles. The quantitative estimate of drug-likeness (QED) is 0.589. The summed E-state index contributed by atoms with van der Waals surface area (Å²) < 4.78 is 56.6. The lowest BCUT2D eigenvalue weighted by Crippen LogP contribution is -2.41. The predicted octanol–water partition coefficient (Wildman–Crippen LogP) is 2.31. The van der Waals surface area contributed by atoms with Crippen LogP contribution in [-0.4, -0.2) is 57.7 Å². The van der Waals surface area contributed by atoms with Crippen LogP contribution in [0.2, 0.25) is 0 Å². The summed E-state index contributed by atoms with van der Waals surface area (Å²) in [5.41, 5.74) is 0.00843. The standard InChI is InChI=1S/C19H26F2N2O5S/c1-3-28-19(25)14-8-11-22(12-9-14)18(24)5-4-10-23(29(2,26)27)15-6-7-16(20)17(21)13-15/h6-7,13-14H,3-5,8-12H2,1-2H3. The van der Waals surface area contributed by atoms with Crippen molar-refractivity contribution in [3.8, 4) is 0 Å². The number of halogens is 2. The van der Waals surface area contributed by atoms with E-state index in [1.807, 2.05) is 0 Å². The predicted molar refractivity (Wildman–Crippen MR) is 104 cm³/mol. The average Bonchev–Trinajstić information content (AvgIpc) is 2.67. The van der Waals surface area contributed by atoms with Crippen molar-refractivity contribution in [2.24, 2.45) is 5.92 Å². The Hall–Kier alpha value is -2.23. The maximum Gasteiger partial charge on any atom is 0.309 e. The van der Waals surface area contributed by atoms with Crippen LogP contribution in [0.1, 0.15) is 32.6 Å². The van der Waals surface area contributed by atoms with E-state index in [-0.39, 0.29) is 42.9 Å². The van der Waals surface area contributed by atoms with Gasteiger partial charge in [0.15, 0.2) is 11.6 Å². The summed E-state index contributed by atoms with van der Waals surface area (Å²) in [6.07, 6.45) is 2.38. The lowest BCUT2D eigenvalue weighted by atomic mass is 9.97. The summed E-state index contributed by atoms with van der Waals surface area (Å²) in [5.74, 6) is -2.78. The first-order chi connectivity index (χ1) is 13.6. The van der Waals surface area contributed by atoms with Crippen LogP contribution < -0.4 is 4.31 Å². The smallest absolute Gasteiger partial charge is 0.309 e. The van der Waals surface area contributed by atoms with Gasteiger partial charge in [-0.05, 0) is 38.3 Å². The van der Waals surface area contributed by atoms with Gasteiger partial charge in [-0.3, -0.25) is 13.9 Å². The molecule has 1 aliphatic heterocycles. The Bertz CT molecular complexity index is 839. The number of anilines is 1. The molecule has 0 N–H and O–H groups in total. The van der Waals surface area contributed by atoms with Gasteiger partial charge in [-0.25, -0.2) is 17.2 Å². The molecular formula is C19H26F2N2O5S. The number of ether oxygens (including phenoxy) is 1. The highest BCUT2D eigenvalue weighted by Gasteiger charge is 2.28. The second kappa shape index (κ2) is 10.00. The molecule has 0 unspecified atom stereocenters. The number of piperidine rings is 1.